The highest BCUT2D eigenvalue weighted by Gasteiger charge is 2.29. The van der Waals surface area contributed by atoms with E-state index in [1.165, 1.54) is 17.1 Å². The average Bonchev–Trinajstić information content (AvgIpc) is 3.26. The number of nitrogens with zero attached hydrogens (tertiary/aromatic N) is 3. The molecule has 2 aromatic carbocycles. The van der Waals surface area contributed by atoms with E-state index in [-0.39, 0.29) is 23.8 Å². The molecule has 7 nitrogen and oxygen atoms in total. The summed E-state index contributed by atoms with van der Waals surface area (Å²) < 4.78 is 1.90. The van der Waals surface area contributed by atoms with Crippen molar-refractivity contribution in [2.75, 3.05) is 5.01 Å². The van der Waals surface area contributed by atoms with Gasteiger partial charge in [0.2, 0.25) is 0 Å². The molecule has 0 spiro atoms. The molecule has 0 fully saturated rings. The van der Waals surface area contributed by atoms with Crippen molar-refractivity contribution in [1.29, 1.82) is 0 Å². The number of hydrogen-bond donors (Lipinski definition) is 1. The molecule has 4 rings (SSSR count). The number of rotatable bonds is 6. The fraction of sp³-hybridized carbons (Fsp3) is 0.167. The van der Waals surface area contributed by atoms with E-state index in [4.69, 9.17) is 5.11 Å². The van der Waals surface area contributed by atoms with Crippen LogP contribution in [0.15, 0.2) is 65.4 Å². The number of anilines is 1. The molecule has 0 saturated heterocycles. The number of carboxylic acid groups (broad SMARTS) is 1. The number of carboxylic acids is 1. The van der Waals surface area contributed by atoms with Crippen LogP contribution in [-0.4, -0.2) is 33.0 Å². The number of Topliss-reactive ketones (excluding diaryl/α,β-unsaturated/α-hetero) is 1. The molecule has 0 aliphatic carbocycles. The molecule has 0 atom stereocenters. The standard InChI is InChI=1S/C24H21N3O4/c1-3-19(28)14-26-13-17(20-6-4-5-7-22(20)26)12-21-15(2)25-27(23(21)29)18-10-8-16(9-11-18)24(30)31/h4-13H,3,14H2,1-2H3,(H,30,31)/b21-12-. The maximum Gasteiger partial charge on any atom is 0.335 e. The minimum atomic E-state index is -1.03. The van der Waals surface area contributed by atoms with Gasteiger partial charge in [-0.1, -0.05) is 25.1 Å². The number of fused-ring (bicyclic) bond motifs is 1. The van der Waals surface area contributed by atoms with Gasteiger partial charge in [-0.3, -0.25) is 9.59 Å². The molecule has 31 heavy (non-hydrogen) atoms. The summed E-state index contributed by atoms with van der Waals surface area (Å²) in [6.45, 7) is 3.88. The van der Waals surface area contributed by atoms with Crippen molar-refractivity contribution in [2.45, 2.75) is 26.8 Å². The Morgan fingerprint density at radius 2 is 1.81 bits per heavy atom. The van der Waals surface area contributed by atoms with Gasteiger partial charge in [0.25, 0.3) is 5.91 Å². The number of amides is 1. The van der Waals surface area contributed by atoms with Crippen LogP contribution in [0.25, 0.3) is 17.0 Å². The lowest BCUT2D eigenvalue weighted by molar-refractivity contribution is -0.119. The molecular formula is C24H21N3O4. The third-order valence-electron chi connectivity index (χ3n) is 5.28. The Hall–Kier alpha value is -4.00. The zero-order valence-electron chi connectivity index (χ0n) is 17.2. The van der Waals surface area contributed by atoms with Gasteiger partial charge in [0, 0.05) is 29.1 Å². The molecule has 0 bridgehead atoms. The van der Waals surface area contributed by atoms with Crippen LogP contribution in [0.4, 0.5) is 5.69 Å². The van der Waals surface area contributed by atoms with Crippen molar-refractivity contribution in [3.05, 3.63) is 71.4 Å². The number of carbonyl (C=O) groups is 3. The predicted octanol–water partition coefficient (Wildman–Crippen LogP) is 4.12. The second kappa shape index (κ2) is 8.02. The summed E-state index contributed by atoms with van der Waals surface area (Å²) in [5.41, 5.74) is 3.41. The minimum Gasteiger partial charge on any atom is -0.478 e. The van der Waals surface area contributed by atoms with Crippen molar-refractivity contribution in [3.63, 3.8) is 0 Å². The van der Waals surface area contributed by atoms with Gasteiger partial charge in [-0.15, -0.1) is 0 Å². The molecule has 0 saturated carbocycles. The second-order valence-corrected chi connectivity index (χ2v) is 7.33. The number of ketones is 1. The first-order valence-corrected chi connectivity index (χ1v) is 9.93. The van der Waals surface area contributed by atoms with Gasteiger partial charge in [0.1, 0.15) is 0 Å². The molecule has 156 valence electrons. The summed E-state index contributed by atoms with van der Waals surface area (Å²) in [6.07, 6.45) is 4.14. The monoisotopic (exact) mass is 415 g/mol. The molecular weight excluding hydrogens is 394 g/mol. The first kappa shape index (κ1) is 20.3. The van der Waals surface area contributed by atoms with E-state index in [1.807, 2.05) is 42.0 Å². The normalized spacial score (nSPS) is 15.0. The van der Waals surface area contributed by atoms with Gasteiger partial charge in [0.05, 0.1) is 29.1 Å². The van der Waals surface area contributed by atoms with Crippen LogP contribution >= 0.6 is 0 Å². The number of para-hydroxylation sites is 1. The summed E-state index contributed by atoms with van der Waals surface area (Å²) in [7, 11) is 0. The van der Waals surface area contributed by atoms with Gasteiger partial charge in [-0.2, -0.15) is 10.1 Å². The van der Waals surface area contributed by atoms with Gasteiger partial charge >= 0.3 is 5.97 Å². The third kappa shape index (κ3) is 3.77. The Bertz CT molecular complexity index is 1270. The zero-order valence-corrected chi connectivity index (χ0v) is 17.2. The van der Waals surface area contributed by atoms with Crippen LogP contribution < -0.4 is 5.01 Å². The number of hydrogen-bond acceptors (Lipinski definition) is 4. The lowest BCUT2D eigenvalue weighted by atomic mass is 10.1. The SMILES string of the molecule is CCC(=O)Cn1cc(/C=C2\C(=O)N(c3ccc(C(=O)O)cc3)N=C2C)c2ccccc21. The fourth-order valence-electron chi connectivity index (χ4n) is 3.58. The lowest BCUT2D eigenvalue weighted by Crippen LogP contribution is -2.21. The van der Waals surface area contributed by atoms with E-state index in [9.17, 15) is 14.4 Å². The van der Waals surface area contributed by atoms with Crippen LogP contribution in [0.1, 0.15) is 36.2 Å². The number of hydrazone groups is 1. The summed E-state index contributed by atoms with van der Waals surface area (Å²) >= 11 is 0. The van der Waals surface area contributed by atoms with Crippen LogP contribution in [0, 0.1) is 0 Å². The van der Waals surface area contributed by atoms with Crippen molar-refractivity contribution < 1.29 is 19.5 Å². The van der Waals surface area contributed by atoms with Gasteiger partial charge in [-0.25, -0.2) is 4.79 Å². The van der Waals surface area contributed by atoms with Crippen LogP contribution in [0.2, 0.25) is 0 Å². The highest BCUT2D eigenvalue weighted by Crippen LogP contribution is 2.28. The number of aromatic nitrogens is 1. The van der Waals surface area contributed by atoms with Crippen LogP contribution in [-0.2, 0) is 16.1 Å². The van der Waals surface area contributed by atoms with E-state index in [0.717, 1.165) is 16.5 Å². The molecule has 1 aliphatic rings. The lowest BCUT2D eigenvalue weighted by Gasteiger charge is -2.11. The Labute approximate surface area is 178 Å². The number of benzene rings is 2. The Morgan fingerprint density at radius 3 is 2.48 bits per heavy atom. The summed E-state index contributed by atoms with van der Waals surface area (Å²) in [6, 6.07) is 13.8. The zero-order chi connectivity index (χ0) is 22.1. The Morgan fingerprint density at radius 1 is 1.10 bits per heavy atom. The topological polar surface area (TPSA) is 92.0 Å². The fourth-order valence-corrected chi connectivity index (χ4v) is 3.58. The largest absolute Gasteiger partial charge is 0.478 e. The molecule has 2 heterocycles. The Kier molecular flexibility index (Phi) is 5.25. The molecule has 1 aliphatic heterocycles. The summed E-state index contributed by atoms with van der Waals surface area (Å²) in [4.78, 5) is 36.1. The van der Waals surface area contributed by atoms with Gasteiger partial charge in [-0.05, 0) is 43.3 Å². The third-order valence-corrected chi connectivity index (χ3v) is 5.28. The smallest absolute Gasteiger partial charge is 0.335 e. The Balaban J connectivity index is 1.70. The van der Waals surface area contributed by atoms with Crippen molar-refractivity contribution in [2.24, 2.45) is 5.10 Å². The molecule has 0 radical (unpaired) electrons. The maximum absolute atomic E-state index is 13.1. The average molecular weight is 415 g/mol. The van der Waals surface area contributed by atoms with Crippen molar-refractivity contribution >= 4 is 46.0 Å². The highest BCUT2D eigenvalue weighted by molar-refractivity contribution is 6.32. The number of aromatic carboxylic acids is 1. The van der Waals surface area contributed by atoms with Crippen LogP contribution in [0.5, 0.6) is 0 Å². The van der Waals surface area contributed by atoms with E-state index in [0.29, 0.717) is 23.4 Å². The highest BCUT2D eigenvalue weighted by atomic mass is 16.4. The van der Waals surface area contributed by atoms with E-state index < -0.39 is 5.97 Å². The second-order valence-electron chi connectivity index (χ2n) is 7.33. The molecule has 1 amide bonds. The summed E-state index contributed by atoms with van der Waals surface area (Å²) in [5.74, 6) is -1.19. The van der Waals surface area contributed by atoms with Crippen molar-refractivity contribution in [1.82, 2.24) is 4.57 Å². The van der Waals surface area contributed by atoms with Gasteiger partial charge in [0.15, 0.2) is 5.78 Å². The summed E-state index contributed by atoms with van der Waals surface area (Å²) in [5, 5.41) is 15.6. The quantitative estimate of drug-likeness (QED) is 0.613. The molecule has 7 heteroatoms. The maximum atomic E-state index is 13.1. The molecule has 3 aromatic rings. The van der Waals surface area contributed by atoms with E-state index in [1.54, 1.807) is 25.1 Å². The minimum absolute atomic E-state index is 0.130. The first-order chi connectivity index (χ1) is 14.9. The van der Waals surface area contributed by atoms with Crippen LogP contribution in [0.3, 0.4) is 0 Å². The predicted molar refractivity (Wildman–Crippen MR) is 119 cm³/mol. The van der Waals surface area contributed by atoms with Crippen molar-refractivity contribution in [3.8, 4) is 0 Å². The van der Waals surface area contributed by atoms with E-state index >= 15 is 0 Å². The first-order valence-electron chi connectivity index (χ1n) is 9.93. The molecule has 0 unspecified atom stereocenters. The van der Waals surface area contributed by atoms with Gasteiger partial charge < -0.3 is 9.67 Å². The number of carbonyl (C=O) groups excluding carboxylic acids is 2. The molecule has 1 N–H and O–H groups in total. The van der Waals surface area contributed by atoms with E-state index in [2.05, 4.69) is 5.10 Å². The molecule has 1 aromatic heterocycles.